The molecule has 3 saturated heterocycles. The van der Waals surface area contributed by atoms with Gasteiger partial charge in [-0.3, -0.25) is 4.90 Å². The fraction of sp³-hybridized carbons (Fsp3) is 0.556. The Kier molecular flexibility index (Phi) is 6.84. The maximum Gasteiger partial charge on any atom is 0.410 e. The highest BCUT2D eigenvalue weighted by Crippen LogP contribution is 2.40. The molecular formula is C27H32ClFN6O4. The van der Waals surface area contributed by atoms with E-state index in [1.165, 1.54) is 19.4 Å². The first-order chi connectivity index (χ1) is 18.7. The van der Waals surface area contributed by atoms with Gasteiger partial charge in [0.1, 0.15) is 17.4 Å². The van der Waals surface area contributed by atoms with Gasteiger partial charge in [0.05, 0.1) is 53.8 Å². The van der Waals surface area contributed by atoms with Gasteiger partial charge in [-0.25, -0.2) is 24.1 Å². The van der Waals surface area contributed by atoms with Crippen LogP contribution in [0.25, 0.3) is 22.3 Å². The van der Waals surface area contributed by atoms with E-state index in [-0.39, 0.29) is 40.7 Å². The number of aromatic amines is 1. The van der Waals surface area contributed by atoms with Crippen LogP contribution in [0, 0.1) is 5.82 Å². The second-order valence-corrected chi connectivity index (χ2v) is 11.3. The van der Waals surface area contributed by atoms with Crippen LogP contribution >= 0.6 is 11.6 Å². The van der Waals surface area contributed by atoms with Crippen LogP contribution in [0.5, 0.6) is 0 Å². The lowest BCUT2D eigenvalue weighted by Crippen LogP contribution is -2.47. The number of rotatable bonds is 5. The van der Waals surface area contributed by atoms with Crippen LogP contribution in [0.4, 0.5) is 15.1 Å². The van der Waals surface area contributed by atoms with E-state index in [9.17, 15) is 9.90 Å². The number of aliphatic hydroxyl groups excluding tert-OH is 1. The van der Waals surface area contributed by atoms with E-state index in [4.69, 9.17) is 21.1 Å². The molecule has 10 nitrogen and oxygen atoms in total. The number of hydrogen-bond acceptors (Lipinski definition) is 8. The van der Waals surface area contributed by atoms with E-state index in [2.05, 4.69) is 25.3 Å². The number of H-pyrrole nitrogens is 1. The van der Waals surface area contributed by atoms with Crippen molar-refractivity contribution in [3.05, 3.63) is 34.5 Å². The Bertz CT molecular complexity index is 1420. The predicted octanol–water partition coefficient (Wildman–Crippen LogP) is 4.93. The van der Waals surface area contributed by atoms with Crippen molar-refractivity contribution < 1.29 is 23.8 Å². The number of anilines is 1. The van der Waals surface area contributed by atoms with Gasteiger partial charge >= 0.3 is 6.09 Å². The first-order valence-corrected chi connectivity index (χ1v) is 13.8. The van der Waals surface area contributed by atoms with Crippen LogP contribution in [-0.4, -0.2) is 74.0 Å². The number of nitrogens with one attached hydrogen (secondary N) is 2. The molecule has 2 aromatic heterocycles. The van der Waals surface area contributed by atoms with E-state index >= 15 is 4.39 Å². The first kappa shape index (κ1) is 26.2. The van der Waals surface area contributed by atoms with Gasteiger partial charge in [0.15, 0.2) is 5.82 Å². The van der Waals surface area contributed by atoms with Crippen molar-refractivity contribution in [3.63, 3.8) is 0 Å². The highest BCUT2D eigenvalue weighted by atomic mass is 35.5. The molecule has 3 fully saturated rings. The summed E-state index contributed by atoms with van der Waals surface area (Å²) in [5.41, 5.74) is 2.48. The van der Waals surface area contributed by atoms with Gasteiger partial charge in [-0.2, -0.15) is 0 Å². The lowest BCUT2D eigenvalue weighted by molar-refractivity contribution is -0.0811. The molecule has 0 aliphatic carbocycles. The molecule has 0 unspecified atom stereocenters. The summed E-state index contributed by atoms with van der Waals surface area (Å²) in [6, 6.07) is 0.831. The molecule has 0 saturated carbocycles. The number of methoxy groups -OCH3 is 1. The number of carbonyl (C=O) groups is 1. The SMILES string of the molecule is COC(=O)N1CCC[C@H]1c1nc2c(F)cc(-c3nc(N[C@@H]4C[C@H]5CC[C@H](O5)[C@H]4O)ncc3Cl)c(C(C)C)c2[nH]1. The molecule has 3 aromatic rings. The second kappa shape index (κ2) is 10.2. The van der Waals surface area contributed by atoms with Gasteiger partial charge in [0.25, 0.3) is 0 Å². The zero-order chi connectivity index (χ0) is 27.4. The molecule has 208 valence electrons. The summed E-state index contributed by atoms with van der Waals surface area (Å²) < 4.78 is 26.4. The van der Waals surface area contributed by atoms with Gasteiger partial charge in [-0.1, -0.05) is 25.4 Å². The number of nitrogens with zero attached hydrogens (tertiary/aromatic N) is 4. The van der Waals surface area contributed by atoms with Crippen LogP contribution in [0.1, 0.15) is 69.3 Å². The van der Waals surface area contributed by atoms with Gasteiger partial charge in [-0.05, 0) is 49.7 Å². The number of carbonyl (C=O) groups excluding carboxylic acids is 1. The third-order valence-electron chi connectivity index (χ3n) is 8.10. The summed E-state index contributed by atoms with van der Waals surface area (Å²) in [5.74, 6) is 0.271. The highest BCUT2D eigenvalue weighted by Gasteiger charge is 2.42. The van der Waals surface area contributed by atoms with Crippen LogP contribution in [0.2, 0.25) is 5.02 Å². The highest BCUT2D eigenvalue weighted by molar-refractivity contribution is 6.33. The summed E-state index contributed by atoms with van der Waals surface area (Å²) in [4.78, 5) is 30.8. The standard InChI is InChI=1S/C27H32ClFN6O4/c1-12(2)20-14(10-16(29)22-23(20)33-25(32-22)18-5-4-8-35(18)27(37)38-3)21-15(28)11-30-26(34-21)31-17-9-13-6-7-19(39-13)24(17)36/h10-13,17-19,24,36H,4-9H2,1-3H3,(H,32,33)(H,30,31,34)/t13-,17-,18+,19+,24+/m1/s1. The molecule has 6 rings (SSSR count). The van der Waals surface area contributed by atoms with Crippen molar-refractivity contribution in [2.45, 2.75) is 82.3 Å². The van der Waals surface area contributed by atoms with E-state index in [0.29, 0.717) is 47.9 Å². The number of likely N-dealkylation sites (tertiary alicyclic amines) is 1. The van der Waals surface area contributed by atoms with E-state index < -0.39 is 18.0 Å². The molecule has 0 radical (unpaired) electrons. The number of amides is 1. The number of aromatic nitrogens is 4. The zero-order valence-corrected chi connectivity index (χ0v) is 22.8. The second-order valence-electron chi connectivity index (χ2n) is 10.9. The van der Waals surface area contributed by atoms with Gasteiger partial charge in [-0.15, -0.1) is 0 Å². The van der Waals surface area contributed by atoms with Crippen molar-refractivity contribution >= 4 is 34.7 Å². The molecule has 12 heteroatoms. The Balaban J connectivity index is 1.40. The molecule has 2 bridgehead atoms. The van der Waals surface area contributed by atoms with E-state index in [1.54, 1.807) is 4.90 Å². The summed E-state index contributed by atoms with van der Waals surface area (Å²) in [7, 11) is 1.35. The summed E-state index contributed by atoms with van der Waals surface area (Å²) in [6.45, 7) is 4.57. The average molecular weight is 559 g/mol. The molecular weight excluding hydrogens is 527 g/mol. The third-order valence-corrected chi connectivity index (χ3v) is 8.37. The quantitative estimate of drug-likeness (QED) is 0.402. The summed E-state index contributed by atoms with van der Waals surface area (Å²) in [5, 5.41) is 14.3. The average Bonchev–Trinajstić information content (AvgIpc) is 3.66. The smallest absolute Gasteiger partial charge is 0.410 e. The number of benzene rings is 1. The Morgan fingerprint density at radius 1 is 1.33 bits per heavy atom. The molecule has 3 N–H and O–H groups in total. The maximum absolute atomic E-state index is 15.6. The molecule has 1 aromatic carbocycles. The Hall–Kier alpha value is -3.02. The molecule has 1 amide bonds. The molecule has 5 heterocycles. The summed E-state index contributed by atoms with van der Waals surface area (Å²) in [6.07, 6.45) is 4.21. The number of aliphatic hydroxyl groups is 1. The van der Waals surface area contributed by atoms with Crippen molar-refractivity contribution in [1.29, 1.82) is 0 Å². The monoisotopic (exact) mass is 558 g/mol. The molecule has 5 atom stereocenters. The first-order valence-electron chi connectivity index (χ1n) is 13.4. The molecule has 3 aliphatic rings. The molecule has 39 heavy (non-hydrogen) atoms. The lowest BCUT2D eigenvalue weighted by Gasteiger charge is -2.34. The van der Waals surface area contributed by atoms with Crippen LogP contribution in [-0.2, 0) is 9.47 Å². The number of imidazole rings is 1. The minimum atomic E-state index is -0.671. The van der Waals surface area contributed by atoms with Gasteiger partial charge < -0.3 is 24.9 Å². The Morgan fingerprint density at radius 3 is 2.92 bits per heavy atom. The fourth-order valence-corrected chi connectivity index (χ4v) is 6.48. The Labute approximate surface area is 230 Å². The molecule has 0 spiro atoms. The van der Waals surface area contributed by atoms with Crippen LogP contribution in [0.15, 0.2) is 12.3 Å². The minimum Gasteiger partial charge on any atom is -0.453 e. The number of ether oxygens (including phenoxy) is 2. The molecule has 3 aliphatic heterocycles. The maximum atomic E-state index is 15.6. The van der Waals surface area contributed by atoms with Gasteiger partial charge in [0, 0.05) is 12.1 Å². The summed E-state index contributed by atoms with van der Waals surface area (Å²) >= 11 is 6.59. The van der Waals surface area contributed by atoms with E-state index in [1.807, 2.05) is 13.8 Å². The van der Waals surface area contributed by atoms with Crippen molar-refractivity contribution in [1.82, 2.24) is 24.8 Å². The van der Waals surface area contributed by atoms with Gasteiger partial charge in [0.2, 0.25) is 5.95 Å². The Morgan fingerprint density at radius 2 is 2.15 bits per heavy atom. The van der Waals surface area contributed by atoms with Crippen molar-refractivity contribution in [2.24, 2.45) is 0 Å². The lowest BCUT2D eigenvalue weighted by atomic mass is 9.93. The van der Waals surface area contributed by atoms with Crippen LogP contribution in [0.3, 0.4) is 0 Å². The van der Waals surface area contributed by atoms with Crippen molar-refractivity contribution in [3.8, 4) is 11.3 Å². The third kappa shape index (κ3) is 4.60. The van der Waals surface area contributed by atoms with E-state index in [0.717, 1.165) is 24.8 Å². The number of fused-ring (bicyclic) bond motifs is 3. The zero-order valence-electron chi connectivity index (χ0n) is 22.1. The fourth-order valence-electron chi connectivity index (χ4n) is 6.28. The predicted molar refractivity (Wildman–Crippen MR) is 143 cm³/mol. The topological polar surface area (TPSA) is 125 Å². The van der Waals surface area contributed by atoms with Crippen LogP contribution < -0.4 is 5.32 Å². The van der Waals surface area contributed by atoms with Crippen molar-refractivity contribution in [2.75, 3.05) is 19.0 Å². The number of halogens is 2. The largest absolute Gasteiger partial charge is 0.453 e. The minimum absolute atomic E-state index is 0.0351. The number of hydrogen-bond donors (Lipinski definition) is 3. The normalized spacial score (nSPS) is 26.5.